The van der Waals surface area contributed by atoms with Crippen LogP contribution in [-0.4, -0.2) is 37.1 Å². The van der Waals surface area contributed by atoms with Crippen molar-refractivity contribution in [3.63, 3.8) is 0 Å². The smallest absolute Gasteiger partial charge is 0.226 e. The van der Waals surface area contributed by atoms with Gasteiger partial charge in [-0.05, 0) is 31.9 Å². The molecule has 126 valence electrons. The molecule has 4 rings (SSSR count). The molecule has 7 heteroatoms. The van der Waals surface area contributed by atoms with Crippen LogP contribution in [0.3, 0.4) is 0 Å². The van der Waals surface area contributed by atoms with Crippen LogP contribution in [0.5, 0.6) is 0 Å². The van der Waals surface area contributed by atoms with Gasteiger partial charge in [-0.15, -0.1) is 0 Å². The Balaban J connectivity index is 1.40. The monoisotopic (exact) mass is 326 g/mol. The van der Waals surface area contributed by atoms with Crippen LogP contribution in [0.2, 0.25) is 0 Å². The summed E-state index contributed by atoms with van der Waals surface area (Å²) in [5.41, 5.74) is 2.09. The first kappa shape index (κ1) is 15.1. The molecule has 0 saturated heterocycles. The summed E-state index contributed by atoms with van der Waals surface area (Å²) in [5.74, 6) is 2.14. The third-order valence-corrected chi connectivity index (χ3v) is 4.84. The van der Waals surface area contributed by atoms with Crippen molar-refractivity contribution in [3.8, 4) is 0 Å². The molecule has 1 amide bonds. The summed E-state index contributed by atoms with van der Waals surface area (Å²) in [6.45, 7) is 4.71. The van der Waals surface area contributed by atoms with E-state index in [1.165, 1.54) is 6.42 Å². The second kappa shape index (κ2) is 6.22. The van der Waals surface area contributed by atoms with Crippen LogP contribution in [0, 0.1) is 12.8 Å². The first-order valence-electron chi connectivity index (χ1n) is 8.57. The number of hydrogen-bond donors (Lipinski definition) is 1. The topological polar surface area (TPSA) is 75.9 Å². The molecule has 0 aromatic carbocycles. The van der Waals surface area contributed by atoms with E-state index in [0.717, 1.165) is 49.0 Å². The van der Waals surface area contributed by atoms with Gasteiger partial charge in [-0.25, -0.2) is 9.97 Å². The highest BCUT2D eigenvalue weighted by atomic mass is 16.2. The molecule has 1 aliphatic carbocycles. The maximum atomic E-state index is 12.4. The molecule has 1 aliphatic heterocycles. The lowest BCUT2D eigenvalue weighted by Crippen LogP contribution is -2.43. The molecule has 2 aromatic heterocycles. The van der Waals surface area contributed by atoms with Crippen molar-refractivity contribution >= 4 is 11.7 Å². The van der Waals surface area contributed by atoms with Gasteiger partial charge in [-0.2, -0.15) is 5.10 Å². The predicted octanol–water partition coefficient (Wildman–Crippen LogP) is 1.74. The molecular weight excluding hydrogens is 304 g/mol. The van der Waals surface area contributed by atoms with Crippen molar-refractivity contribution in [3.05, 3.63) is 35.5 Å². The van der Waals surface area contributed by atoms with E-state index in [2.05, 4.69) is 26.4 Å². The lowest BCUT2D eigenvalue weighted by Gasteiger charge is -2.34. The number of fused-ring (bicyclic) bond motifs is 1. The number of aromatic nitrogens is 4. The van der Waals surface area contributed by atoms with Crippen LogP contribution < -0.4 is 5.32 Å². The molecule has 0 atom stereocenters. The Bertz CT molecular complexity index is 751. The summed E-state index contributed by atoms with van der Waals surface area (Å²) in [4.78, 5) is 22.8. The maximum Gasteiger partial charge on any atom is 0.226 e. The largest absolute Gasteiger partial charge is 0.364 e. The van der Waals surface area contributed by atoms with Gasteiger partial charge in [0.2, 0.25) is 5.91 Å². The molecule has 0 spiro atoms. The molecule has 2 aromatic rings. The summed E-state index contributed by atoms with van der Waals surface area (Å²) < 4.78 is 2.02. The molecule has 0 radical (unpaired) electrons. The van der Waals surface area contributed by atoms with Crippen LogP contribution in [0.25, 0.3) is 0 Å². The standard InChI is InChI=1S/C17H22N6O/c1-12-18-6-5-16(20-12)19-10-14-9-15-11-22(7-8-23(15)21-14)17(24)13-3-2-4-13/h5-6,9,13H,2-4,7-8,10-11H2,1H3,(H,18,19,20). The van der Waals surface area contributed by atoms with Crippen molar-refractivity contribution in [1.29, 1.82) is 0 Å². The number of nitrogens with one attached hydrogen (secondary N) is 1. The van der Waals surface area contributed by atoms with Gasteiger partial charge < -0.3 is 10.2 Å². The number of nitrogens with zero attached hydrogens (tertiary/aromatic N) is 5. The van der Waals surface area contributed by atoms with Crippen LogP contribution >= 0.6 is 0 Å². The van der Waals surface area contributed by atoms with Gasteiger partial charge in [0.25, 0.3) is 0 Å². The van der Waals surface area contributed by atoms with E-state index in [4.69, 9.17) is 0 Å². The molecule has 0 bridgehead atoms. The number of anilines is 1. The minimum Gasteiger partial charge on any atom is -0.364 e. The summed E-state index contributed by atoms with van der Waals surface area (Å²) >= 11 is 0. The lowest BCUT2D eigenvalue weighted by atomic mass is 9.84. The molecule has 24 heavy (non-hydrogen) atoms. The fraction of sp³-hybridized carbons (Fsp3) is 0.529. The molecule has 3 heterocycles. The highest BCUT2D eigenvalue weighted by Crippen LogP contribution is 2.29. The number of hydrogen-bond acceptors (Lipinski definition) is 5. The van der Waals surface area contributed by atoms with Gasteiger partial charge in [0.05, 0.1) is 31.0 Å². The van der Waals surface area contributed by atoms with E-state index in [1.54, 1.807) is 6.20 Å². The summed E-state index contributed by atoms with van der Waals surface area (Å²) in [5, 5.41) is 7.91. The van der Waals surface area contributed by atoms with Crippen molar-refractivity contribution in [1.82, 2.24) is 24.6 Å². The molecular formula is C17H22N6O. The van der Waals surface area contributed by atoms with Crippen molar-refractivity contribution in [2.75, 3.05) is 11.9 Å². The third-order valence-electron chi connectivity index (χ3n) is 4.84. The lowest BCUT2D eigenvalue weighted by molar-refractivity contribution is -0.139. The predicted molar refractivity (Wildman–Crippen MR) is 89.1 cm³/mol. The van der Waals surface area contributed by atoms with Gasteiger partial charge in [-0.3, -0.25) is 9.48 Å². The van der Waals surface area contributed by atoms with Crippen LogP contribution in [-0.2, 0) is 24.4 Å². The molecule has 7 nitrogen and oxygen atoms in total. The van der Waals surface area contributed by atoms with Crippen molar-refractivity contribution < 1.29 is 4.79 Å². The highest BCUT2D eigenvalue weighted by Gasteiger charge is 2.31. The number of carbonyl (C=O) groups is 1. The van der Waals surface area contributed by atoms with Gasteiger partial charge >= 0.3 is 0 Å². The fourth-order valence-corrected chi connectivity index (χ4v) is 3.25. The zero-order chi connectivity index (χ0) is 16.5. The Hall–Kier alpha value is -2.44. The SMILES string of the molecule is Cc1nccc(NCc2cc3n(n2)CCN(C(=O)C2CCC2)C3)n1. The van der Waals surface area contributed by atoms with E-state index in [0.29, 0.717) is 19.0 Å². The number of amides is 1. The number of rotatable bonds is 4. The van der Waals surface area contributed by atoms with E-state index in [1.807, 2.05) is 22.6 Å². The second-order valence-electron chi connectivity index (χ2n) is 6.58. The van der Waals surface area contributed by atoms with E-state index < -0.39 is 0 Å². The Morgan fingerprint density at radius 2 is 2.25 bits per heavy atom. The zero-order valence-corrected chi connectivity index (χ0v) is 13.9. The Morgan fingerprint density at radius 3 is 3.00 bits per heavy atom. The average Bonchev–Trinajstić information content (AvgIpc) is 2.93. The quantitative estimate of drug-likeness (QED) is 0.926. The van der Waals surface area contributed by atoms with Crippen LogP contribution in [0.1, 0.15) is 36.5 Å². The van der Waals surface area contributed by atoms with Gasteiger partial charge in [0, 0.05) is 18.7 Å². The van der Waals surface area contributed by atoms with E-state index >= 15 is 0 Å². The number of carbonyl (C=O) groups excluding carboxylic acids is 1. The third kappa shape index (κ3) is 2.98. The Labute approximate surface area is 141 Å². The fourth-order valence-electron chi connectivity index (χ4n) is 3.25. The Kier molecular flexibility index (Phi) is 3.92. The first-order chi connectivity index (χ1) is 11.7. The Morgan fingerprint density at radius 1 is 1.38 bits per heavy atom. The zero-order valence-electron chi connectivity index (χ0n) is 13.9. The minimum absolute atomic E-state index is 0.265. The van der Waals surface area contributed by atoms with Crippen LogP contribution in [0.4, 0.5) is 5.82 Å². The average molecular weight is 326 g/mol. The molecule has 1 N–H and O–H groups in total. The second-order valence-corrected chi connectivity index (χ2v) is 6.58. The molecule has 1 saturated carbocycles. The molecule has 2 aliphatic rings. The first-order valence-corrected chi connectivity index (χ1v) is 8.57. The molecule has 0 unspecified atom stereocenters. The van der Waals surface area contributed by atoms with E-state index in [9.17, 15) is 4.79 Å². The summed E-state index contributed by atoms with van der Waals surface area (Å²) in [6, 6.07) is 3.93. The van der Waals surface area contributed by atoms with Gasteiger partial charge in [0.15, 0.2) is 0 Å². The molecule has 1 fully saturated rings. The number of aryl methyl sites for hydroxylation is 1. The van der Waals surface area contributed by atoms with Gasteiger partial charge in [-0.1, -0.05) is 6.42 Å². The maximum absolute atomic E-state index is 12.4. The van der Waals surface area contributed by atoms with Gasteiger partial charge in [0.1, 0.15) is 11.6 Å². The van der Waals surface area contributed by atoms with Crippen LogP contribution in [0.15, 0.2) is 18.3 Å². The normalized spacial score (nSPS) is 17.3. The highest BCUT2D eigenvalue weighted by molar-refractivity contribution is 5.79. The van der Waals surface area contributed by atoms with E-state index in [-0.39, 0.29) is 5.92 Å². The van der Waals surface area contributed by atoms with Crippen molar-refractivity contribution in [2.45, 2.75) is 45.8 Å². The summed E-state index contributed by atoms with van der Waals surface area (Å²) in [7, 11) is 0. The minimum atomic E-state index is 0.265. The van der Waals surface area contributed by atoms with Crippen molar-refractivity contribution in [2.24, 2.45) is 5.92 Å². The summed E-state index contributed by atoms with van der Waals surface area (Å²) in [6.07, 6.45) is 5.05.